The summed E-state index contributed by atoms with van der Waals surface area (Å²) in [4.78, 5) is 15.0. The van der Waals surface area contributed by atoms with E-state index in [1.165, 1.54) is 17.7 Å². The quantitative estimate of drug-likeness (QED) is 0.833. The van der Waals surface area contributed by atoms with E-state index in [0.717, 1.165) is 18.4 Å². The van der Waals surface area contributed by atoms with E-state index in [0.29, 0.717) is 12.5 Å². The Morgan fingerprint density at radius 3 is 2.28 bits per heavy atom. The van der Waals surface area contributed by atoms with E-state index in [2.05, 4.69) is 22.3 Å². The first-order chi connectivity index (χ1) is 12.1. The van der Waals surface area contributed by atoms with E-state index in [-0.39, 0.29) is 23.7 Å². The highest BCUT2D eigenvalue weighted by Crippen LogP contribution is 2.42. The first-order valence-corrected chi connectivity index (χ1v) is 8.81. The molecule has 25 heavy (non-hydrogen) atoms. The maximum atomic E-state index is 13.2. The lowest BCUT2D eigenvalue weighted by atomic mass is 9.93. The highest BCUT2D eigenvalue weighted by Gasteiger charge is 2.37. The summed E-state index contributed by atoms with van der Waals surface area (Å²) in [5.41, 5.74) is 2.08. The van der Waals surface area contributed by atoms with Gasteiger partial charge in [0.2, 0.25) is 5.91 Å². The maximum absolute atomic E-state index is 13.2. The van der Waals surface area contributed by atoms with Gasteiger partial charge >= 0.3 is 0 Å². The number of likely N-dealkylation sites (N-methyl/N-ethyl adjacent to an activating group) is 1. The number of hydrogen-bond donors (Lipinski definition) is 1. The highest BCUT2D eigenvalue weighted by atomic mass is 19.1. The molecule has 2 aromatic carbocycles. The summed E-state index contributed by atoms with van der Waals surface area (Å²) in [5.74, 6) is -0.0356. The van der Waals surface area contributed by atoms with Crippen molar-refractivity contribution in [3.05, 3.63) is 71.5 Å². The maximum Gasteiger partial charge on any atom is 0.227 e. The molecular weight excluding hydrogens is 315 g/mol. The largest absolute Gasteiger partial charge is 0.354 e. The van der Waals surface area contributed by atoms with Crippen molar-refractivity contribution in [2.24, 2.45) is 5.92 Å². The smallest absolute Gasteiger partial charge is 0.227 e. The molecule has 1 aliphatic carbocycles. The predicted octanol–water partition coefficient (Wildman–Crippen LogP) is 3.74. The minimum absolute atomic E-state index is 0.0388. The van der Waals surface area contributed by atoms with Crippen molar-refractivity contribution in [3.63, 3.8) is 0 Å². The van der Waals surface area contributed by atoms with Gasteiger partial charge in [0.25, 0.3) is 0 Å². The minimum Gasteiger partial charge on any atom is -0.354 e. The summed E-state index contributed by atoms with van der Waals surface area (Å²) >= 11 is 0. The molecule has 0 spiro atoms. The molecule has 4 heteroatoms. The van der Waals surface area contributed by atoms with Crippen LogP contribution in [-0.2, 0) is 4.79 Å². The molecule has 0 saturated heterocycles. The summed E-state index contributed by atoms with van der Waals surface area (Å²) in [6.07, 6.45) is 2.12. The monoisotopic (exact) mass is 340 g/mol. The van der Waals surface area contributed by atoms with E-state index < -0.39 is 0 Å². The second kappa shape index (κ2) is 7.79. The van der Waals surface area contributed by atoms with Crippen LogP contribution in [0.15, 0.2) is 54.6 Å². The second-order valence-corrected chi connectivity index (χ2v) is 7.00. The van der Waals surface area contributed by atoms with Crippen molar-refractivity contribution < 1.29 is 9.18 Å². The molecule has 2 atom stereocenters. The van der Waals surface area contributed by atoms with Crippen molar-refractivity contribution in [2.45, 2.75) is 24.8 Å². The lowest BCUT2D eigenvalue weighted by Crippen LogP contribution is -2.37. The third-order valence-corrected chi connectivity index (χ3v) is 4.88. The van der Waals surface area contributed by atoms with E-state index in [9.17, 15) is 9.18 Å². The van der Waals surface area contributed by atoms with Gasteiger partial charge in [-0.15, -0.1) is 0 Å². The van der Waals surface area contributed by atoms with E-state index in [4.69, 9.17) is 0 Å². The molecule has 1 aliphatic rings. The van der Waals surface area contributed by atoms with Gasteiger partial charge in [0.05, 0.1) is 12.0 Å². The van der Waals surface area contributed by atoms with Gasteiger partial charge in [-0.1, -0.05) is 42.5 Å². The Kier molecular flexibility index (Phi) is 5.49. The molecule has 2 aromatic rings. The van der Waals surface area contributed by atoms with Crippen LogP contribution in [0.2, 0.25) is 0 Å². The number of hydrogen-bond acceptors (Lipinski definition) is 2. The lowest BCUT2D eigenvalue weighted by molar-refractivity contribution is -0.123. The number of halogens is 1. The number of nitrogens with one attached hydrogen (secondary N) is 1. The molecular formula is C21H25FN2O. The Morgan fingerprint density at radius 1 is 1.08 bits per heavy atom. The zero-order chi connectivity index (χ0) is 17.8. The highest BCUT2D eigenvalue weighted by molar-refractivity contribution is 5.84. The van der Waals surface area contributed by atoms with Crippen molar-refractivity contribution in [2.75, 3.05) is 20.6 Å². The van der Waals surface area contributed by atoms with Crippen molar-refractivity contribution >= 4 is 5.91 Å². The third kappa shape index (κ3) is 4.45. The van der Waals surface area contributed by atoms with Crippen LogP contribution in [-0.4, -0.2) is 31.4 Å². The normalized spacial score (nSPS) is 16.5. The first-order valence-electron chi connectivity index (χ1n) is 8.81. The Bertz CT molecular complexity index is 696. The number of rotatable bonds is 7. The molecule has 1 fully saturated rings. The van der Waals surface area contributed by atoms with Gasteiger partial charge < -0.3 is 10.2 Å². The zero-order valence-corrected chi connectivity index (χ0v) is 14.8. The summed E-state index contributed by atoms with van der Waals surface area (Å²) in [6.45, 7) is 0.556. The first kappa shape index (κ1) is 17.6. The summed E-state index contributed by atoms with van der Waals surface area (Å²) in [6, 6.07) is 16.6. The molecule has 1 saturated carbocycles. The van der Waals surface area contributed by atoms with Crippen LogP contribution >= 0.6 is 0 Å². The molecule has 132 valence electrons. The van der Waals surface area contributed by atoms with E-state index in [1.54, 1.807) is 12.1 Å². The number of benzene rings is 2. The number of amides is 1. The average Bonchev–Trinajstić information content (AvgIpc) is 3.42. The standard InChI is InChI=1S/C21H25FN2O/c1-24(2)19(15-6-4-3-5-7-15)14-23-21(25)20(16-8-9-16)17-10-12-18(22)13-11-17/h3-7,10-13,16,19-20H,8-9,14H2,1-2H3,(H,23,25). The summed E-state index contributed by atoms with van der Waals surface area (Å²) in [7, 11) is 4.03. The van der Waals surface area contributed by atoms with Crippen molar-refractivity contribution in [3.8, 4) is 0 Å². The van der Waals surface area contributed by atoms with Gasteiger partial charge in [-0.05, 0) is 56.1 Å². The molecule has 1 N–H and O–H groups in total. The molecule has 0 aliphatic heterocycles. The van der Waals surface area contributed by atoms with Crippen molar-refractivity contribution in [1.29, 1.82) is 0 Å². The fraction of sp³-hybridized carbons (Fsp3) is 0.381. The van der Waals surface area contributed by atoms with Crippen LogP contribution in [0.3, 0.4) is 0 Å². The Balaban J connectivity index is 1.70. The fourth-order valence-electron chi connectivity index (χ4n) is 3.32. The average molecular weight is 340 g/mol. The number of nitrogens with zero attached hydrogens (tertiary/aromatic N) is 1. The molecule has 0 bridgehead atoms. The van der Waals surface area contributed by atoms with Crippen LogP contribution in [0.4, 0.5) is 4.39 Å². The van der Waals surface area contributed by atoms with Crippen LogP contribution in [0, 0.1) is 11.7 Å². The third-order valence-electron chi connectivity index (χ3n) is 4.88. The van der Waals surface area contributed by atoms with Crippen LogP contribution in [0.5, 0.6) is 0 Å². The van der Waals surface area contributed by atoms with E-state index in [1.807, 2.05) is 32.3 Å². The van der Waals surface area contributed by atoms with Crippen LogP contribution in [0.1, 0.15) is 35.9 Å². The Labute approximate surface area is 148 Å². The van der Waals surface area contributed by atoms with Gasteiger partial charge in [-0.2, -0.15) is 0 Å². The van der Waals surface area contributed by atoms with Gasteiger partial charge in [0.1, 0.15) is 5.82 Å². The van der Waals surface area contributed by atoms with E-state index >= 15 is 0 Å². The molecule has 1 amide bonds. The summed E-state index contributed by atoms with van der Waals surface area (Å²) < 4.78 is 13.2. The Morgan fingerprint density at radius 2 is 1.72 bits per heavy atom. The molecule has 3 rings (SSSR count). The van der Waals surface area contributed by atoms with Gasteiger partial charge in [0.15, 0.2) is 0 Å². The molecule has 0 aromatic heterocycles. The topological polar surface area (TPSA) is 32.3 Å². The minimum atomic E-state index is -0.268. The van der Waals surface area contributed by atoms with Crippen LogP contribution < -0.4 is 5.32 Å². The van der Waals surface area contributed by atoms with Gasteiger partial charge in [0, 0.05) is 6.54 Å². The van der Waals surface area contributed by atoms with Gasteiger partial charge in [-0.25, -0.2) is 4.39 Å². The molecule has 0 radical (unpaired) electrons. The Hall–Kier alpha value is -2.20. The zero-order valence-electron chi connectivity index (χ0n) is 14.8. The number of carbonyl (C=O) groups is 1. The summed E-state index contributed by atoms with van der Waals surface area (Å²) in [5, 5.41) is 3.12. The SMILES string of the molecule is CN(C)C(CNC(=O)C(c1ccc(F)cc1)C1CC1)c1ccccc1. The molecule has 3 nitrogen and oxygen atoms in total. The fourth-order valence-corrected chi connectivity index (χ4v) is 3.32. The predicted molar refractivity (Wildman–Crippen MR) is 97.7 cm³/mol. The van der Waals surface area contributed by atoms with Crippen molar-refractivity contribution in [1.82, 2.24) is 10.2 Å². The lowest BCUT2D eigenvalue weighted by Gasteiger charge is -2.26. The number of carbonyl (C=O) groups excluding carboxylic acids is 1. The van der Waals surface area contributed by atoms with Crippen LogP contribution in [0.25, 0.3) is 0 Å². The molecule has 2 unspecified atom stereocenters. The second-order valence-electron chi connectivity index (χ2n) is 7.00. The molecule has 0 heterocycles. The van der Waals surface area contributed by atoms with Gasteiger partial charge in [-0.3, -0.25) is 4.79 Å².